The first kappa shape index (κ1) is 17.3. The van der Waals surface area contributed by atoms with Crippen molar-refractivity contribution >= 4 is 27.3 Å². The van der Waals surface area contributed by atoms with Gasteiger partial charge in [0.05, 0.1) is 18.1 Å². The van der Waals surface area contributed by atoms with Gasteiger partial charge >= 0.3 is 0 Å². The van der Waals surface area contributed by atoms with E-state index in [4.69, 9.17) is 0 Å². The van der Waals surface area contributed by atoms with Gasteiger partial charge in [0.15, 0.2) is 0 Å². The minimum Gasteiger partial charge on any atom is -0.312 e. The van der Waals surface area contributed by atoms with E-state index in [0.717, 1.165) is 16.9 Å². The highest BCUT2D eigenvalue weighted by Crippen LogP contribution is 2.31. The molecule has 1 aromatic heterocycles. The number of sulfonamides is 1. The monoisotopic (exact) mass is 382 g/mol. The van der Waals surface area contributed by atoms with E-state index in [-0.39, 0.29) is 10.8 Å². The van der Waals surface area contributed by atoms with Crippen molar-refractivity contribution in [3.8, 4) is 5.69 Å². The molecule has 1 N–H and O–H groups in total. The van der Waals surface area contributed by atoms with Crippen LogP contribution in [0.4, 0.5) is 11.4 Å². The van der Waals surface area contributed by atoms with E-state index in [1.165, 1.54) is 24.0 Å². The number of carbonyl (C=O) groups excluding carboxylic acids is 1. The molecule has 0 unspecified atom stereocenters. The summed E-state index contributed by atoms with van der Waals surface area (Å²) in [4.78, 5) is 13.4. The zero-order valence-corrected chi connectivity index (χ0v) is 15.5. The molecule has 138 valence electrons. The molecule has 0 bridgehead atoms. The molecule has 0 fully saturated rings. The molecular formula is C19H18N4O3S. The molecule has 7 nitrogen and oxygen atoms in total. The van der Waals surface area contributed by atoms with E-state index in [9.17, 15) is 13.2 Å². The van der Waals surface area contributed by atoms with Gasteiger partial charge in [0.25, 0.3) is 10.0 Å². The molecule has 8 heteroatoms. The Morgan fingerprint density at radius 2 is 1.93 bits per heavy atom. The second-order valence-corrected chi connectivity index (χ2v) is 8.01. The second kappa shape index (κ2) is 6.55. The molecular weight excluding hydrogens is 364 g/mol. The Hall–Kier alpha value is -3.13. The minimum absolute atomic E-state index is 0.0181. The maximum atomic E-state index is 12.7. The first-order chi connectivity index (χ1) is 12.9. The number of para-hydroxylation sites is 1. The van der Waals surface area contributed by atoms with Crippen molar-refractivity contribution in [2.75, 3.05) is 16.2 Å². The van der Waals surface area contributed by atoms with E-state index in [0.29, 0.717) is 18.7 Å². The van der Waals surface area contributed by atoms with Gasteiger partial charge in [-0.25, -0.2) is 13.1 Å². The molecule has 0 spiro atoms. The number of carbonyl (C=O) groups is 1. The molecule has 1 aliphatic rings. The number of aromatic nitrogens is 2. The van der Waals surface area contributed by atoms with Gasteiger partial charge in [0.2, 0.25) is 5.91 Å². The third-order valence-corrected chi connectivity index (χ3v) is 5.83. The topological polar surface area (TPSA) is 84.3 Å². The van der Waals surface area contributed by atoms with E-state index in [1.807, 2.05) is 30.3 Å². The van der Waals surface area contributed by atoms with Crippen LogP contribution >= 0.6 is 0 Å². The molecule has 0 radical (unpaired) electrons. The molecule has 2 aromatic carbocycles. The zero-order chi connectivity index (χ0) is 19.0. The number of hydrogen-bond donors (Lipinski definition) is 1. The van der Waals surface area contributed by atoms with Gasteiger partial charge in [-0.15, -0.1) is 0 Å². The van der Waals surface area contributed by atoms with Gasteiger partial charge in [0.1, 0.15) is 4.90 Å². The molecule has 27 heavy (non-hydrogen) atoms. The summed E-state index contributed by atoms with van der Waals surface area (Å²) in [5.41, 5.74) is 3.03. The molecule has 1 amide bonds. The number of anilines is 2. The van der Waals surface area contributed by atoms with E-state index < -0.39 is 10.0 Å². The van der Waals surface area contributed by atoms with Gasteiger partial charge in [0, 0.05) is 24.8 Å². The smallest absolute Gasteiger partial charge is 0.265 e. The van der Waals surface area contributed by atoms with Gasteiger partial charge in [-0.1, -0.05) is 18.2 Å². The van der Waals surface area contributed by atoms with Crippen molar-refractivity contribution < 1.29 is 13.2 Å². The van der Waals surface area contributed by atoms with Crippen LogP contribution in [0.2, 0.25) is 0 Å². The van der Waals surface area contributed by atoms with Crippen molar-refractivity contribution in [3.05, 3.63) is 66.5 Å². The lowest BCUT2D eigenvalue weighted by Crippen LogP contribution is -2.25. The van der Waals surface area contributed by atoms with Crippen molar-refractivity contribution in [1.82, 2.24) is 9.78 Å². The van der Waals surface area contributed by atoms with Crippen LogP contribution in [-0.2, 0) is 21.2 Å². The Labute approximate surface area is 157 Å². The average molecular weight is 382 g/mol. The number of benzene rings is 2. The summed E-state index contributed by atoms with van der Waals surface area (Å²) in [6.07, 6.45) is 3.50. The standard InChI is InChI=1S/C19H18N4O3S/c1-14(24)22-10-9-15-11-16(7-8-19(15)22)21-27(25,26)18-12-20-23(13-18)17-5-3-2-4-6-17/h2-8,11-13,21H,9-10H2,1H3. The van der Waals surface area contributed by atoms with Crippen molar-refractivity contribution in [3.63, 3.8) is 0 Å². The highest BCUT2D eigenvalue weighted by Gasteiger charge is 2.23. The van der Waals surface area contributed by atoms with E-state index in [2.05, 4.69) is 9.82 Å². The van der Waals surface area contributed by atoms with E-state index in [1.54, 1.807) is 23.1 Å². The van der Waals surface area contributed by atoms with Gasteiger partial charge < -0.3 is 4.90 Å². The largest absolute Gasteiger partial charge is 0.312 e. The third-order valence-electron chi connectivity index (χ3n) is 4.50. The normalized spacial score (nSPS) is 13.4. The summed E-state index contributed by atoms with van der Waals surface area (Å²) in [5, 5.41) is 4.13. The van der Waals surface area contributed by atoms with Crippen LogP contribution in [-0.4, -0.2) is 30.7 Å². The fourth-order valence-electron chi connectivity index (χ4n) is 3.17. The molecule has 1 aliphatic heterocycles. The molecule has 2 heterocycles. The van der Waals surface area contributed by atoms with Crippen molar-refractivity contribution in [2.45, 2.75) is 18.2 Å². The number of nitrogens with zero attached hydrogens (tertiary/aromatic N) is 3. The maximum Gasteiger partial charge on any atom is 0.265 e. The van der Waals surface area contributed by atoms with Crippen LogP contribution in [0.25, 0.3) is 5.69 Å². The lowest BCUT2D eigenvalue weighted by molar-refractivity contribution is -0.116. The summed E-state index contributed by atoms with van der Waals surface area (Å²) in [6.45, 7) is 2.14. The Morgan fingerprint density at radius 3 is 2.67 bits per heavy atom. The first-order valence-electron chi connectivity index (χ1n) is 8.48. The second-order valence-electron chi connectivity index (χ2n) is 6.33. The highest BCUT2D eigenvalue weighted by molar-refractivity contribution is 7.92. The highest BCUT2D eigenvalue weighted by atomic mass is 32.2. The van der Waals surface area contributed by atoms with E-state index >= 15 is 0 Å². The fraction of sp³-hybridized carbons (Fsp3) is 0.158. The molecule has 3 aromatic rings. The number of nitrogens with one attached hydrogen (secondary N) is 1. The third kappa shape index (κ3) is 3.31. The minimum atomic E-state index is -3.76. The van der Waals surface area contributed by atoms with Crippen LogP contribution in [0.5, 0.6) is 0 Å². The number of amides is 1. The summed E-state index contributed by atoms with van der Waals surface area (Å²) in [5.74, 6) is -0.0181. The Bertz CT molecular complexity index is 1110. The average Bonchev–Trinajstić information content (AvgIpc) is 3.29. The Balaban J connectivity index is 1.58. The fourth-order valence-corrected chi connectivity index (χ4v) is 4.15. The van der Waals surface area contributed by atoms with Gasteiger partial charge in [-0.2, -0.15) is 5.10 Å². The molecule has 0 saturated carbocycles. The molecule has 0 atom stereocenters. The summed E-state index contributed by atoms with van der Waals surface area (Å²) >= 11 is 0. The summed E-state index contributed by atoms with van der Waals surface area (Å²) in [6, 6.07) is 14.5. The lowest BCUT2D eigenvalue weighted by atomic mass is 10.1. The predicted octanol–water partition coefficient (Wildman–Crippen LogP) is 2.58. The van der Waals surface area contributed by atoms with Crippen LogP contribution in [0.1, 0.15) is 12.5 Å². The van der Waals surface area contributed by atoms with Crippen molar-refractivity contribution in [2.24, 2.45) is 0 Å². The SMILES string of the molecule is CC(=O)N1CCc2cc(NS(=O)(=O)c3cnn(-c4ccccc4)c3)ccc21. The lowest BCUT2D eigenvalue weighted by Gasteiger charge is -2.15. The zero-order valence-electron chi connectivity index (χ0n) is 14.7. The maximum absolute atomic E-state index is 12.7. The van der Waals surface area contributed by atoms with Crippen LogP contribution in [0, 0.1) is 0 Å². The molecule has 0 aliphatic carbocycles. The molecule has 4 rings (SSSR count). The summed E-state index contributed by atoms with van der Waals surface area (Å²) < 4.78 is 29.5. The molecule has 0 saturated heterocycles. The summed E-state index contributed by atoms with van der Waals surface area (Å²) in [7, 11) is -3.76. The van der Waals surface area contributed by atoms with Crippen LogP contribution in [0.3, 0.4) is 0 Å². The number of rotatable bonds is 4. The Kier molecular flexibility index (Phi) is 4.19. The van der Waals surface area contributed by atoms with Crippen molar-refractivity contribution in [1.29, 1.82) is 0 Å². The quantitative estimate of drug-likeness (QED) is 0.752. The Morgan fingerprint density at radius 1 is 1.15 bits per heavy atom. The predicted molar refractivity (Wildman–Crippen MR) is 103 cm³/mol. The van der Waals surface area contributed by atoms with Gasteiger partial charge in [-0.3, -0.25) is 9.52 Å². The number of fused-ring (bicyclic) bond motifs is 1. The van der Waals surface area contributed by atoms with Gasteiger partial charge in [-0.05, 0) is 42.3 Å². The van der Waals surface area contributed by atoms with Crippen LogP contribution < -0.4 is 9.62 Å². The van der Waals surface area contributed by atoms with Crippen LogP contribution in [0.15, 0.2) is 65.8 Å². The number of hydrogen-bond acceptors (Lipinski definition) is 4. The first-order valence-corrected chi connectivity index (χ1v) is 9.96.